The van der Waals surface area contributed by atoms with Crippen molar-refractivity contribution < 1.29 is 8.78 Å². The van der Waals surface area contributed by atoms with Gasteiger partial charge in [0.25, 0.3) is 5.92 Å². The Morgan fingerprint density at radius 2 is 1.71 bits per heavy atom. The lowest BCUT2D eigenvalue weighted by Gasteiger charge is -2.21. The third kappa shape index (κ3) is 5.49. The molecule has 1 aliphatic rings. The molecule has 0 saturated carbocycles. The first kappa shape index (κ1) is 23.8. The van der Waals surface area contributed by atoms with Gasteiger partial charge < -0.3 is 10.0 Å². The fourth-order valence-corrected chi connectivity index (χ4v) is 5.69. The number of anilines is 2. The summed E-state index contributed by atoms with van der Waals surface area (Å²) in [6.45, 7) is 2.74. The van der Waals surface area contributed by atoms with Gasteiger partial charge in [-0.15, -0.1) is 11.3 Å². The molecule has 4 bridgehead atoms. The molecular formula is C27H26F2N4S2. The van der Waals surface area contributed by atoms with Crippen molar-refractivity contribution in [1.29, 1.82) is 0 Å². The van der Waals surface area contributed by atoms with E-state index in [-0.39, 0.29) is 12.0 Å². The average Bonchev–Trinajstić information content (AvgIpc) is 3.30. The highest BCUT2D eigenvalue weighted by Gasteiger charge is 2.34. The molecule has 0 saturated heterocycles. The van der Waals surface area contributed by atoms with Gasteiger partial charge in [-0.2, -0.15) is 0 Å². The second-order valence-corrected chi connectivity index (χ2v) is 10.7. The van der Waals surface area contributed by atoms with Crippen LogP contribution in [0.1, 0.15) is 36.1 Å². The van der Waals surface area contributed by atoms with Gasteiger partial charge in [-0.1, -0.05) is 36.8 Å². The molecule has 4 nitrogen and oxygen atoms in total. The molecular weight excluding hydrogens is 482 g/mol. The van der Waals surface area contributed by atoms with E-state index in [1.807, 2.05) is 49.4 Å². The Kier molecular flexibility index (Phi) is 7.02. The fourth-order valence-electron chi connectivity index (χ4n) is 4.18. The number of fused-ring (bicyclic) bond motifs is 6. The average molecular weight is 509 g/mol. The van der Waals surface area contributed by atoms with Gasteiger partial charge in [0.1, 0.15) is 16.7 Å². The van der Waals surface area contributed by atoms with E-state index < -0.39 is 5.92 Å². The van der Waals surface area contributed by atoms with Crippen molar-refractivity contribution in [3.8, 4) is 21.7 Å². The van der Waals surface area contributed by atoms with Crippen molar-refractivity contribution in [3.05, 3.63) is 77.2 Å². The second-order valence-electron chi connectivity index (χ2n) is 8.56. The molecule has 2 N–H and O–H groups in total. The number of aromatic nitrogens is 2. The number of benzene rings is 1. The molecule has 0 atom stereocenters. The smallest absolute Gasteiger partial charge is 0.273 e. The second kappa shape index (κ2) is 10.3. The van der Waals surface area contributed by atoms with Crippen LogP contribution in [0.4, 0.5) is 20.4 Å². The van der Waals surface area contributed by atoms with Gasteiger partial charge >= 0.3 is 0 Å². The summed E-state index contributed by atoms with van der Waals surface area (Å²) in [5.41, 5.74) is 1.91. The zero-order valence-electron chi connectivity index (χ0n) is 19.4. The highest BCUT2D eigenvalue weighted by molar-refractivity contribution is 8.00. The van der Waals surface area contributed by atoms with E-state index in [0.717, 1.165) is 32.6 Å². The third-order valence-electron chi connectivity index (χ3n) is 5.93. The zero-order chi connectivity index (χ0) is 24.3. The Labute approximate surface area is 212 Å². The molecule has 0 radical (unpaired) electrons. The Balaban J connectivity index is 1.62. The Morgan fingerprint density at radius 1 is 0.829 bits per heavy atom. The quantitative estimate of drug-likeness (QED) is 0.253. The molecule has 0 spiro atoms. The maximum absolute atomic E-state index is 15.6. The molecule has 0 aliphatic carbocycles. The topological polar surface area (TPSA) is 49.8 Å². The molecule has 8 heteroatoms. The van der Waals surface area contributed by atoms with Crippen LogP contribution in [-0.2, 0) is 5.92 Å². The van der Waals surface area contributed by atoms with Crippen LogP contribution in [0.5, 0.6) is 0 Å². The van der Waals surface area contributed by atoms with Crippen molar-refractivity contribution in [2.24, 2.45) is 0 Å². The molecule has 4 aromatic rings. The number of hydrogen-bond donors (Lipinski definition) is 2. The van der Waals surface area contributed by atoms with Crippen molar-refractivity contribution >= 4 is 34.9 Å². The molecule has 0 amide bonds. The van der Waals surface area contributed by atoms with Crippen LogP contribution in [0.2, 0.25) is 0 Å². The summed E-state index contributed by atoms with van der Waals surface area (Å²) in [5, 5.41) is 4.09. The fraction of sp³-hybridized carbons (Fsp3) is 0.259. The number of alkyl halides is 2. The number of halogens is 2. The van der Waals surface area contributed by atoms with E-state index >= 15 is 8.78 Å². The maximum Gasteiger partial charge on any atom is 0.273 e. The summed E-state index contributed by atoms with van der Waals surface area (Å²) in [6.07, 6.45) is 1.77. The monoisotopic (exact) mass is 508 g/mol. The van der Waals surface area contributed by atoms with E-state index in [1.54, 1.807) is 35.6 Å². The van der Waals surface area contributed by atoms with Crippen molar-refractivity contribution in [1.82, 2.24) is 9.97 Å². The van der Waals surface area contributed by atoms with Crippen LogP contribution < -0.4 is 10.0 Å². The minimum atomic E-state index is -2.95. The predicted molar refractivity (Wildman–Crippen MR) is 142 cm³/mol. The summed E-state index contributed by atoms with van der Waals surface area (Å²) < 4.78 is 34.4. The van der Waals surface area contributed by atoms with Gasteiger partial charge in [-0.05, 0) is 56.2 Å². The van der Waals surface area contributed by atoms with Gasteiger partial charge in [0.05, 0.1) is 5.69 Å². The maximum atomic E-state index is 15.6. The standard InChI is InChI=1S/C27H26F2N4S2/c1-18-12-14-22(34-18)20-13-15-24-32-26(20)19-8-3-4-9-21(19)27(28,29)16-5-2-6-17-30-23-10-7-11-25(31-23)35-33-24/h3-4,7-15H,2,5-6,16-17H2,1H3,(H,30,31)(H,32,33). The molecule has 0 fully saturated rings. The molecule has 3 aromatic heterocycles. The van der Waals surface area contributed by atoms with Crippen LogP contribution >= 0.6 is 23.3 Å². The molecule has 1 aromatic carbocycles. The molecule has 1 aliphatic heterocycles. The first-order valence-electron chi connectivity index (χ1n) is 11.7. The largest absolute Gasteiger partial charge is 0.370 e. The highest BCUT2D eigenvalue weighted by Crippen LogP contribution is 2.43. The normalized spacial score (nSPS) is 15.9. The number of nitrogens with one attached hydrogen (secondary N) is 2. The minimum absolute atomic E-state index is 0.0302. The number of thiophene rings is 1. The van der Waals surface area contributed by atoms with Gasteiger partial charge in [0, 0.05) is 51.4 Å². The first-order chi connectivity index (χ1) is 17.0. The van der Waals surface area contributed by atoms with Gasteiger partial charge in [0.15, 0.2) is 0 Å². The predicted octanol–water partition coefficient (Wildman–Crippen LogP) is 8.38. The first-order valence-corrected chi connectivity index (χ1v) is 13.3. The van der Waals surface area contributed by atoms with E-state index in [4.69, 9.17) is 4.98 Å². The molecule has 5 rings (SSSR count). The van der Waals surface area contributed by atoms with Crippen LogP contribution in [-0.4, -0.2) is 16.5 Å². The van der Waals surface area contributed by atoms with Gasteiger partial charge in [-0.3, -0.25) is 0 Å². The lowest BCUT2D eigenvalue weighted by atomic mass is 9.93. The Morgan fingerprint density at radius 3 is 2.57 bits per heavy atom. The zero-order valence-corrected chi connectivity index (χ0v) is 21.0. The van der Waals surface area contributed by atoms with Crippen LogP contribution in [0, 0.1) is 6.92 Å². The van der Waals surface area contributed by atoms with Crippen molar-refractivity contribution in [2.45, 2.75) is 43.6 Å². The van der Waals surface area contributed by atoms with Gasteiger partial charge in [0.2, 0.25) is 0 Å². The highest BCUT2D eigenvalue weighted by atomic mass is 32.2. The Bertz CT molecular complexity index is 1320. The van der Waals surface area contributed by atoms with Gasteiger partial charge in [-0.25, -0.2) is 18.7 Å². The van der Waals surface area contributed by atoms with E-state index in [0.29, 0.717) is 36.5 Å². The lowest BCUT2D eigenvalue weighted by molar-refractivity contribution is -0.0151. The summed E-state index contributed by atoms with van der Waals surface area (Å²) in [4.78, 5) is 11.6. The Hall–Kier alpha value is -2.97. The van der Waals surface area contributed by atoms with Crippen molar-refractivity contribution in [2.75, 3.05) is 16.6 Å². The van der Waals surface area contributed by atoms with E-state index in [2.05, 4.69) is 15.0 Å². The van der Waals surface area contributed by atoms with Crippen LogP contribution in [0.15, 0.2) is 71.8 Å². The minimum Gasteiger partial charge on any atom is -0.370 e. The van der Waals surface area contributed by atoms with Crippen molar-refractivity contribution in [3.63, 3.8) is 0 Å². The number of rotatable bonds is 1. The number of hydrogen-bond acceptors (Lipinski definition) is 6. The summed E-state index contributed by atoms with van der Waals surface area (Å²) in [7, 11) is 0. The van der Waals surface area contributed by atoms with E-state index in [1.165, 1.54) is 11.9 Å². The third-order valence-corrected chi connectivity index (χ3v) is 7.72. The van der Waals surface area contributed by atoms with Crippen LogP contribution in [0.3, 0.4) is 0 Å². The number of aryl methyl sites for hydroxylation is 1. The van der Waals surface area contributed by atoms with Crippen LogP contribution in [0.25, 0.3) is 21.7 Å². The summed E-state index contributed by atoms with van der Waals surface area (Å²) in [5.74, 6) is -1.59. The summed E-state index contributed by atoms with van der Waals surface area (Å²) >= 11 is 2.98. The summed E-state index contributed by atoms with van der Waals surface area (Å²) in [6, 6.07) is 20.5. The number of nitrogens with zero attached hydrogens (tertiary/aromatic N) is 2. The lowest BCUT2D eigenvalue weighted by Crippen LogP contribution is -2.15. The van der Waals surface area contributed by atoms with E-state index in [9.17, 15) is 0 Å². The molecule has 0 unspecified atom stereocenters. The molecule has 35 heavy (non-hydrogen) atoms. The molecule has 180 valence electrons. The number of pyridine rings is 2. The molecule has 4 heterocycles. The SMILES string of the molecule is Cc1ccc(-c2ccc3nc2-c2ccccc2C(F)(F)CCCCCNc2cccc(n2)SN3)s1.